The Labute approximate surface area is 197 Å². The minimum Gasteiger partial charge on any atom is -0.481 e. The first-order chi connectivity index (χ1) is 15.4. The number of likely N-dealkylation sites (tertiary alicyclic amines) is 1. The molecule has 0 aromatic rings. The van der Waals surface area contributed by atoms with Gasteiger partial charge in [0.15, 0.2) is 0 Å². The van der Waals surface area contributed by atoms with E-state index < -0.39 is 23.7 Å². The SMILES string of the molecule is CC(C)C(NC(=O)OC(C)(C)C)C(=O)N1CCC(C(=O)NCC2CCC(C(=O)O)CC2)CC1. The summed E-state index contributed by atoms with van der Waals surface area (Å²) in [6, 6.07) is -0.675. The first-order valence-electron chi connectivity index (χ1n) is 12.2. The molecule has 9 heteroatoms. The number of rotatable bonds is 7. The number of carbonyl (C=O) groups excluding carboxylic acids is 3. The molecule has 1 saturated carbocycles. The van der Waals surface area contributed by atoms with E-state index in [9.17, 15) is 19.2 Å². The fraction of sp³-hybridized carbons (Fsp3) is 0.833. The maximum Gasteiger partial charge on any atom is 0.408 e. The minimum absolute atomic E-state index is 0.00902. The normalized spacial score (nSPS) is 23.0. The second-order valence-electron chi connectivity index (χ2n) is 10.8. The summed E-state index contributed by atoms with van der Waals surface area (Å²) in [5.74, 6) is -1.02. The molecule has 1 aliphatic carbocycles. The van der Waals surface area contributed by atoms with Gasteiger partial charge in [-0.25, -0.2) is 4.79 Å². The Morgan fingerprint density at radius 1 is 0.970 bits per heavy atom. The van der Waals surface area contributed by atoms with Crippen LogP contribution in [-0.2, 0) is 19.1 Å². The monoisotopic (exact) mass is 467 g/mol. The van der Waals surface area contributed by atoms with Crippen molar-refractivity contribution in [2.24, 2.45) is 23.7 Å². The third-order valence-electron chi connectivity index (χ3n) is 6.54. The van der Waals surface area contributed by atoms with E-state index in [4.69, 9.17) is 9.84 Å². The highest BCUT2D eigenvalue weighted by atomic mass is 16.6. The Bertz CT molecular complexity index is 701. The lowest BCUT2D eigenvalue weighted by molar-refractivity contribution is -0.143. The Kier molecular flexibility index (Phi) is 9.55. The molecular formula is C24H41N3O6. The zero-order valence-electron chi connectivity index (χ0n) is 20.7. The first kappa shape index (κ1) is 26.9. The highest BCUT2D eigenvalue weighted by Crippen LogP contribution is 2.28. The van der Waals surface area contributed by atoms with Crippen molar-refractivity contribution in [2.45, 2.75) is 84.8 Å². The van der Waals surface area contributed by atoms with Gasteiger partial charge in [0.2, 0.25) is 11.8 Å². The van der Waals surface area contributed by atoms with Crippen LogP contribution in [0, 0.1) is 23.7 Å². The van der Waals surface area contributed by atoms with Gasteiger partial charge >= 0.3 is 12.1 Å². The summed E-state index contributed by atoms with van der Waals surface area (Å²) >= 11 is 0. The molecule has 2 aliphatic rings. The molecule has 1 aliphatic heterocycles. The van der Waals surface area contributed by atoms with Crippen molar-refractivity contribution < 1.29 is 29.0 Å². The van der Waals surface area contributed by atoms with Crippen molar-refractivity contribution in [3.63, 3.8) is 0 Å². The molecule has 0 aromatic heterocycles. The van der Waals surface area contributed by atoms with Crippen LogP contribution in [0.5, 0.6) is 0 Å². The molecule has 0 aromatic carbocycles. The van der Waals surface area contributed by atoms with Gasteiger partial charge in [-0.15, -0.1) is 0 Å². The number of amides is 3. The minimum atomic E-state index is -0.722. The molecule has 3 amide bonds. The number of hydrogen-bond acceptors (Lipinski definition) is 5. The molecule has 0 spiro atoms. The van der Waals surface area contributed by atoms with E-state index >= 15 is 0 Å². The lowest BCUT2D eigenvalue weighted by Gasteiger charge is -2.35. The van der Waals surface area contributed by atoms with Gasteiger partial charge in [-0.05, 0) is 71.1 Å². The van der Waals surface area contributed by atoms with E-state index in [0.717, 1.165) is 12.8 Å². The number of nitrogens with one attached hydrogen (secondary N) is 2. The number of ether oxygens (including phenoxy) is 1. The highest BCUT2D eigenvalue weighted by molar-refractivity contribution is 5.86. The molecule has 188 valence electrons. The van der Waals surface area contributed by atoms with Crippen molar-refractivity contribution in [1.82, 2.24) is 15.5 Å². The number of alkyl carbamates (subject to hydrolysis) is 1. The third kappa shape index (κ3) is 8.51. The van der Waals surface area contributed by atoms with Crippen molar-refractivity contribution in [1.29, 1.82) is 0 Å². The van der Waals surface area contributed by atoms with Crippen LogP contribution in [0.4, 0.5) is 4.79 Å². The first-order valence-corrected chi connectivity index (χ1v) is 12.2. The topological polar surface area (TPSA) is 125 Å². The Hall–Kier alpha value is -2.32. The standard InChI is InChI=1S/C24H41N3O6/c1-15(2)19(26-23(32)33-24(3,4)5)21(29)27-12-10-17(11-13-27)20(28)25-14-16-6-8-18(9-7-16)22(30)31/h15-19H,6-14H2,1-5H3,(H,25,28)(H,26,32)(H,30,31). The molecule has 0 bridgehead atoms. The van der Waals surface area contributed by atoms with Gasteiger partial charge < -0.3 is 25.4 Å². The van der Waals surface area contributed by atoms with Gasteiger partial charge in [0, 0.05) is 25.6 Å². The number of aliphatic carboxylic acids is 1. The van der Waals surface area contributed by atoms with E-state index in [2.05, 4.69) is 10.6 Å². The molecule has 2 fully saturated rings. The molecule has 3 N–H and O–H groups in total. The predicted octanol–water partition coefficient (Wildman–Crippen LogP) is 2.78. The van der Waals surface area contributed by atoms with Crippen molar-refractivity contribution >= 4 is 23.9 Å². The van der Waals surface area contributed by atoms with Crippen LogP contribution in [0.2, 0.25) is 0 Å². The lowest BCUT2D eigenvalue weighted by Crippen LogP contribution is -2.54. The average molecular weight is 468 g/mol. The number of carboxylic acids is 1. The van der Waals surface area contributed by atoms with Crippen LogP contribution in [0.25, 0.3) is 0 Å². The van der Waals surface area contributed by atoms with Crippen LogP contribution in [0.15, 0.2) is 0 Å². The molecule has 1 saturated heterocycles. The molecule has 9 nitrogen and oxygen atoms in total. The van der Waals surface area contributed by atoms with Gasteiger partial charge in [-0.2, -0.15) is 0 Å². The fourth-order valence-electron chi connectivity index (χ4n) is 4.51. The van der Waals surface area contributed by atoms with E-state index in [1.54, 1.807) is 25.7 Å². The van der Waals surface area contributed by atoms with E-state index in [1.807, 2.05) is 13.8 Å². The van der Waals surface area contributed by atoms with Crippen molar-refractivity contribution in [2.75, 3.05) is 19.6 Å². The predicted molar refractivity (Wildman–Crippen MR) is 123 cm³/mol. The zero-order valence-corrected chi connectivity index (χ0v) is 20.7. The summed E-state index contributed by atoms with van der Waals surface area (Å²) in [7, 11) is 0. The number of carbonyl (C=O) groups is 4. The molecule has 1 heterocycles. The molecular weight excluding hydrogens is 426 g/mol. The quantitative estimate of drug-likeness (QED) is 0.529. The van der Waals surface area contributed by atoms with Crippen LogP contribution in [0.3, 0.4) is 0 Å². The molecule has 0 radical (unpaired) electrons. The van der Waals surface area contributed by atoms with Gasteiger partial charge in [-0.3, -0.25) is 14.4 Å². The smallest absolute Gasteiger partial charge is 0.408 e. The molecule has 1 atom stereocenters. The second-order valence-corrected chi connectivity index (χ2v) is 10.8. The van der Waals surface area contributed by atoms with Crippen LogP contribution in [-0.4, -0.2) is 65.2 Å². The maximum atomic E-state index is 13.0. The van der Waals surface area contributed by atoms with Gasteiger partial charge in [0.05, 0.1) is 5.92 Å². The lowest BCUT2D eigenvalue weighted by atomic mass is 9.82. The summed E-state index contributed by atoms with van der Waals surface area (Å²) in [5, 5.41) is 14.8. The van der Waals surface area contributed by atoms with Gasteiger partial charge in [-0.1, -0.05) is 13.8 Å². The van der Waals surface area contributed by atoms with Crippen LogP contribution < -0.4 is 10.6 Å². The van der Waals surface area contributed by atoms with E-state index in [1.165, 1.54) is 0 Å². The molecule has 2 rings (SSSR count). The maximum absolute atomic E-state index is 13.0. The largest absolute Gasteiger partial charge is 0.481 e. The van der Waals surface area contributed by atoms with Gasteiger partial charge in [0.1, 0.15) is 11.6 Å². The number of piperidine rings is 1. The Morgan fingerprint density at radius 3 is 2.03 bits per heavy atom. The van der Waals surface area contributed by atoms with E-state index in [0.29, 0.717) is 51.2 Å². The fourth-order valence-corrected chi connectivity index (χ4v) is 4.51. The molecule has 33 heavy (non-hydrogen) atoms. The van der Waals surface area contributed by atoms with Crippen molar-refractivity contribution in [3.05, 3.63) is 0 Å². The molecule has 1 unspecified atom stereocenters. The Morgan fingerprint density at radius 2 is 1.55 bits per heavy atom. The Balaban J connectivity index is 1.77. The summed E-state index contributed by atoms with van der Waals surface area (Å²) < 4.78 is 5.30. The van der Waals surface area contributed by atoms with E-state index in [-0.39, 0.29) is 29.6 Å². The third-order valence-corrected chi connectivity index (χ3v) is 6.54. The number of carboxylic acid groups (broad SMARTS) is 1. The number of nitrogens with zero attached hydrogens (tertiary/aromatic N) is 1. The summed E-state index contributed by atoms with van der Waals surface area (Å²) in [5.41, 5.74) is -0.643. The number of hydrogen-bond donors (Lipinski definition) is 3. The highest BCUT2D eigenvalue weighted by Gasteiger charge is 2.34. The summed E-state index contributed by atoms with van der Waals surface area (Å²) in [6.45, 7) is 10.6. The van der Waals surface area contributed by atoms with Gasteiger partial charge in [0.25, 0.3) is 0 Å². The second kappa shape index (κ2) is 11.7. The summed E-state index contributed by atoms with van der Waals surface area (Å²) in [6.07, 6.45) is 3.55. The van der Waals surface area contributed by atoms with Crippen molar-refractivity contribution in [3.8, 4) is 0 Å². The zero-order chi connectivity index (χ0) is 24.8. The average Bonchev–Trinajstić information content (AvgIpc) is 2.74. The van der Waals surface area contributed by atoms with Crippen LogP contribution >= 0.6 is 0 Å². The van der Waals surface area contributed by atoms with Crippen LogP contribution in [0.1, 0.15) is 73.1 Å². The summed E-state index contributed by atoms with van der Waals surface area (Å²) in [4.78, 5) is 50.6.